The zero-order valence-electron chi connectivity index (χ0n) is 34.5. The average molecular weight is 783 g/mol. The molecule has 5 N–H and O–H groups in total. The molecule has 2 heterocycles. The molecule has 1 unspecified atom stereocenters. The van der Waals surface area contributed by atoms with E-state index in [1.807, 2.05) is 13.1 Å². The van der Waals surface area contributed by atoms with Gasteiger partial charge in [-0.15, -0.1) is 0 Å². The maximum Gasteiger partial charge on any atom is 0.320 e. The smallest absolute Gasteiger partial charge is 0.320 e. The Bertz CT molecular complexity index is 1390. The van der Waals surface area contributed by atoms with Gasteiger partial charge in [-0.1, -0.05) is 13.8 Å². The standard InChI is InChI=1S/C19H33N3O5.C12H20O5.C7H13N3O/c1-6-14(21-15-11-20-22(12-15)13-19(4,5)25)9-10-16(17(23)26-7-2)18(24)27-8-3;1-4-9(13)7-8-10(11(14)16-5-2)12(15)17-6-3;1-7(2,11)5-10-4-6(8)3-9-10/h11-12,14,16,21,25H,6-10,13H2,1-5H3;10H,4-8H2,1-3H3;3-4,11H,5,8H2,1-2H3. The van der Waals surface area contributed by atoms with E-state index in [0.717, 1.165) is 12.1 Å². The number of anilines is 2. The SMILES string of the molecule is CC(C)(O)Cn1cc(N)cn1.CCOC(=O)C(CCC(=O)CC)C(=O)OCC.CCOC(=O)C(CCC(CC)Nc1cnn(CC(C)(C)O)c1)C(=O)OCC. The maximum atomic E-state index is 12.1. The first-order chi connectivity index (χ1) is 25.7. The van der Waals surface area contributed by atoms with E-state index < -0.39 is 46.9 Å². The number of esters is 4. The molecule has 0 saturated carbocycles. The van der Waals surface area contributed by atoms with E-state index >= 15 is 0 Å². The van der Waals surface area contributed by atoms with Crippen molar-refractivity contribution in [3.63, 3.8) is 0 Å². The lowest BCUT2D eigenvalue weighted by atomic mass is 9.98. The lowest BCUT2D eigenvalue weighted by Crippen LogP contribution is -2.30. The van der Waals surface area contributed by atoms with Crippen LogP contribution in [-0.2, 0) is 56.0 Å². The van der Waals surface area contributed by atoms with Gasteiger partial charge in [0.25, 0.3) is 0 Å². The fourth-order valence-corrected chi connectivity index (χ4v) is 4.88. The number of hydrogen-bond donors (Lipinski definition) is 4. The van der Waals surface area contributed by atoms with Gasteiger partial charge in [0.05, 0.1) is 74.5 Å². The van der Waals surface area contributed by atoms with Crippen molar-refractivity contribution in [2.24, 2.45) is 11.8 Å². The lowest BCUT2D eigenvalue weighted by Gasteiger charge is -2.20. The van der Waals surface area contributed by atoms with Crippen LogP contribution in [0.4, 0.5) is 11.4 Å². The minimum absolute atomic E-state index is 0.0172. The zero-order valence-corrected chi connectivity index (χ0v) is 34.5. The van der Waals surface area contributed by atoms with Crippen LogP contribution in [0.15, 0.2) is 24.8 Å². The van der Waals surface area contributed by atoms with Crippen LogP contribution < -0.4 is 11.1 Å². The van der Waals surface area contributed by atoms with Crippen molar-refractivity contribution in [2.75, 3.05) is 37.5 Å². The summed E-state index contributed by atoms with van der Waals surface area (Å²) in [4.78, 5) is 58.4. The van der Waals surface area contributed by atoms with Gasteiger partial charge in [0.1, 0.15) is 5.78 Å². The fourth-order valence-electron chi connectivity index (χ4n) is 4.88. The molecule has 17 nitrogen and oxygen atoms in total. The molecule has 0 saturated heterocycles. The van der Waals surface area contributed by atoms with E-state index in [-0.39, 0.29) is 51.1 Å². The van der Waals surface area contributed by atoms with E-state index in [1.54, 1.807) is 90.3 Å². The summed E-state index contributed by atoms with van der Waals surface area (Å²) in [5, 5.41) is 30.8. The summed E-state index contributed by atoms with van der Waals surface area (Å²) >= 11 is 0. The molecule has 0 spiro atoms. The summed E-state index contributed by atoms with van der Waals surface area (Å²) in [5.74, 6) is -4.18. The topological polar surface area (TPSA) is 236 Å². The molecule has 2 aromatic heterocycles. The monoisotopic (exact) mass is 782 g/mol. The highest BCUT2D eigenvalue weighted by Crippen LogP contribution is 2.19. The van der Waals surface area contributed by atoms with Gasteiger partial charge in [0, 0.05) is 31.3 Å². The number of hydrogen-bond acceptors (Lipinski definition) is 15. The van der Waals surface area contributed by atoms with Crippen molar-refractivity contribution in [1.82, 2.24) is 19.6 Å². The molecule has 0 aliphatic carbocycles. The second-order valence-electron chi connectivity index (χ2n) is 13.9. The first-order valence-corrected chi connectivity index (χ1v) is 18.9. The van der Waals surface area contributed by atoms with Gasteiger partial charge in [0.15, 0.2) is 11.8 Å². The maximum absolute atomic E-state index is 12.1. The van der Waals surface area contributed by atoms with Crippen molar-refractivity contribution in [3.8, 4) is 0 Å². The van der Waals surface area contributed by atoms with Gasteiger partial charge in [-0.05, 0) is 81.1 Å². The normalized spacial score (nSPS) is 11.7. The molecule has 55 heavy (non-hydrogen) atoms. The van der Waals surface area contributed by atoms with Gasteiger partial charge < -0.3 is 40.2 Å². The fraction of sp³-hybridized carbons (Fsp3) is 0.711. The van der Waals surface area contributed by atoms with Crippen molar-refractivity contribution >= 4 is 41.0 Å². The number of nitrogens with zero attached hydrogens (tertiary/aromatic N) is 4. The number of carbonyl (C=O) groups excluding carboxylic acids is 5. The molecule has 0 bridgehead atoms. The van der Waals surface area contributed by atoms with Gasteiger partial charge in [-0.25, -0.2) is 0 Å². The molecule has 0 radical (unpaired) electrons. The van der Waals surface area contributed by atoms with Crippen LogP contribution in [0.25, 0.3) is 0 Å². The molecular formula is C38H66N6O11. The van der Waals surface area contributed by atoms with Crippen LogP contribution in [0, 0.1) is 11.8 Å². The quantitative estimate of drug-likeness (QED) is 0.0748. The second kappa shape index (κ2) is 26.3. The third-order valence-electron chi connectivity index (χ3n) is 7.44. The lowest BCUT2D eigenvalue weighted by molar-refractivity contribution is -0.163. The van der Waals surface area contributed by atoms with E-state index in [0.29, 0.717) is 38.0 Å². The number of carbonyl (C=O) groups is 5. The molecule has 0 amide bonds. The van der Waals surface area contributed by atoms with Crippen LogP contribution >= 0.6 is 0 Å². The predicted octanol–water partition coefficient (Wildman–Crippen LogP) is 4.09. The first-order valence-electron chi connectivity index (χ1n) is 18.9. The zero-order chi connectivity index (χ0) is 42.2. The molecule has 0 aliphatic rings. The predicted molar refractivity (Wildman–Crippen MR) is 206 cm³/mol. The first kappa shape index (κ1) is 50.5. The van der Waals surface area contributed by atoms with E-state index in [1.165, 1.54) is 0 Å². The van der Waals surface area contributed by atoms with Crippen molar-refractivity contribution < 1.29 is 53.1 Å². The molecule has 0 aliphatic heterocycles. The molecule has 17 heteroatoms. The highest BCUT2D eigenvalue weighted by Gasteiger charge is 2.31. The second-order valence-corrected chi connectivity index (χ2v) is 13.9. The van der Waals surface area contributed by atoms with Crippen molar-refractivity contribution in [2.45, 2.75) is 138 Å². The van der Waals surface area contributed by atoms with Crippen LogP contribution in [0.1, 0.15) is 108 Å². The molecule has 1 atom stereocenters. The number of Topliss-reactive ketones (excluding diaryl/α,β-unsaturated/α-hetero) is 1. The highest BCUT2D eigenvalue weighted by atomic mass is 16.6. The molecule has 0 aromatic carbocycles. The van der Waals surface area contributed by atoms with Crippen LogP contribution in [-0.4, -0.2) is 103 Å². The third kappa shape index (κ3) is 23.1. The Balaban J connectivity index is 0.000000883. The Morgan fingerprint density at radius 2 is 1.11 bits per heavy atom. The number of rotatable bonds is 22. The van der Waals surface area contributed by atoms with Crippen molar-refractivity contribution in [3.05, 3.63) is 24.8 Å². The Labute approximate surface area is 325 Å². The van der Waals surface area contributed by atoms with Crippen LogP contribution in [0.5, 0.6) is 0 Å². The number of nitrogens with two attached hydrogens (primary N) is 1. The van der Waals surface area contributed by atoms with Crippen LogP contribution in [0.3, 0.4) is 0 Å². The van der Waals surface area contributed by atoms with E-state index in [9.17, 15) is 34.2 Å². The minimum atomic E-state index is -0.981. The number of nitrogen functional groups attached to an aromatic ring is 1. The molecule has 2 aromatic rings. The Kier molecular flexibility index (Phi) is 24.2. The largest absolute Gasteiger partial charge is 0.465 e. The summed E-state index contributed by atoms with van der Waals surface area (Å²) < 4.78 is 22.9. The number of nitrogens with one attached hydrogen (secondary N) is 1. The summed E-state index contributed by atoms with van der Waals surface area (Å²) in [6, 6.07) is 0.0659. The number of aliphatic hydroxyl groups is 2. The number of aromatic nitrogens is 4. The summed E-state index contributed by atoms with van der Waals surface area (Å²) in [5.41, 5.74) is 5.30. The van der Waals surface area contributed by atoms with Gasteiger partial charge in [0.2, 0.25) is 0 Å². The molecular weight excluding hydrogens is 716 g/mol. The minimum Gasteiger partial charge on any atom is -0.465 e. The van der Waals surface area contributed by atoms with Crippen molar-refractivity contribution in [1.29, 1.82) is 0 Å². The highest BCUT2D eigenvalue weighted by molar-refractivity contribution is 5.95. The number of ketones is 1. The molecule has 314 valence electrons. The van der Waals surface area contributed by atoms with Gasteiger partial charge in [-0.3, -0.25) is 33.3 Å². The third-order valence-corrected chi connectivity index (χ3v) is 7.44. The van der Waals surface area contributed by atoms with Gasteiger partial charge >= 0.3 is 23.9 Å². The van der Waals surface area contributed by atoms with E-state index in [4.69, 9.17) is 24.7 Å². The molecule has 2 rings (SSSR count). The Morgan fingerprint density at radius 3 is 1.47 bits per heavy atom. The van der Waals surface area contributed by atoms with E-state index in [2.05, 4.69) is 15.5 Å². The number of ether oxygens (including phenoxy) is 4. The summed E-state index contributed by atoms with van der Waals surface area (Å²) in [6.07, 6.45) is 9.30. The Hall–Kier alpha value is -4.51. The molecule has 0 fully saturated rings. The average Bonchev–Trinajstić information content (AvgIpc) is 3.70. The Morgan fingerprint density at radius 1 is 0.691 bits per heavy atom. The van der Waals surface area contributed by atoms with Gasteiger partial charge in [-0.2, -0.15) is 10.2 Å². The summed E-state index contributed by atoms with van der Waals surface area (Å²) in [6.45, 7) is 19.1. The summed E-state index contributed by atoms with van der Waals surface area (Å²) in [7, 11) is 0. The van der Waals surface area contributed by atoms with Crippen LogP contribution in [0.2, 0.25) is 0 Å².